The third-order valence-electron chi connectivity index (χ3n) is 5.57. The summed E-state index contributed by atoms with van der Waals surface area (Å²) >= 11 is 0. The molecule has 0 N–H and O–H groups in total. The quantitative estimate of drug-likeness (QED) is 0.325. The summed E-state index contributed by atoms with van der Waals surface area (Å²) in [5.41, 5.74) is 2.84. The number of carbonyl (C=O) groups excluding carboxylic acids is 1. The largest absolute Gasteiger partial charge is 0.497 e. The van der Waals surface area contributed by atoms with E-state index in [-0.39, 0.29) is 11.9 Å². The summed E-state index contributed by atoms with van der Waals surface area (Å²) in [4.78, 5) is 19.6. The van der Waals surface area contributed by atoms with Crippen LogP contribution in [0.3, 0.4) is 0 Å². The van der Waals surface area contributed by atoms with Crippen molar-refractivity contribution in [1.82, 2.24) is 10.1 Å². The van der Waals surface area contributed by atoms with Gasteiger partial charge in [-0.05, 0) is 55.3 Å². The lowest BCUT2D eigenvalue weighted by atomic mass is 10.0. The molecule has 1 atom stereocenters. The second-order valence-electron chi connectivity index (χ2n) is 7.78. The Labute approximate surface area is 193 Å². The minimum absolute atomic E-state index is 0.0625. The fourth-order valence-corrected chi connectivity index (χ4v) is 3.78. The average molecular weight is 442 g/mol. The Morgan fingerprint density at radius 3 is 2.30 bits per heavy atom. The van der Waals surface area contributed by atoms with E-state index in [9.17, 15) is 4.79 Å². The van der Waals surface area contributed by atoms with Crippen LogP contribution in [0, 0.1) is 0 Å². The van der Waals surface area contributed by atoms with Gasteiger partial charge in [0.1, 0.15) is 5.75 Å². The average Bonchev–Trinajstić information content (AvgIpc) is 3.34. The van der Waals surface area contributed by atoms with Gasteiger partial charge in [0.25, 0.3) is 0 Å². The van der Waals surface area contributed by atoms with E-state index in [2.05, 4.69) is 17.1 Å². The van der Waals surface area contributed by atoms with Gasteiger partial charge in [0, 0.05) is 24.1 Å². The predicted molar refractivity (Wildman–Crippen MR) is 128 cm³/mol. The van der Waals surface area contributed by atoms with Gasteiger partial charge in [0.05, 0.1) is 13.2 Å². The first-order valence-electron chi connectivity index (χ1n) is 11.0. The summed E-state index contributed by atoms with van der Waals surface area (Å²) in [7, 11) is 1.63. The van der Waals surface area contributed by atoms with Crippen LogP contribution in [0.5, 0.6) is 5.75 Å². The maximum absolute atomic E-state index is 13.3. The minimum atomic E-state index is -0.0776. The van der Waals surface area contributed by atoms with E-state index in [1.54, 1.807) is 7.11 Å². The molecule has 0 saturated heterocycles. The number of hydrogen-bond acceptors (Lipinski definition) is 5. The van der Waals surface area contributed by atoms with Crippen LogP contribution in [-0.4, -0.2) is 23.2 Å². The summed E-state index contributed by atoms with van der Waals surface area (Å²) in [6.45, 7) is 2.05. The number of anilines is 1. The van der Waals surface area contributed by atoms with Crippen LogP contribution >= 0.6 is 0 Å². The standard InChI is InChI=1S/C27H27N3O3/c1-20(21-10-5-3-6-11-21)30(23-12-7-4-8-13-23)26(31)15-9-14-25-28-27(29-33-25)22-16-18-24(32-2)19-17-22/h3-8,10-13,16-20H,9,14-15H2,1-2H3. The van der Waals surface area contributed by atoms with Gasteiger partial charge in [-0.15, -0.1) is 0 Å². The van der Waals surface area contributed by atoms with Gasteiger partial charge in [0.15, 0.2) is 0 Å². The number of para-hydroxylation sites is 1. The van der Waals surface area contributed by atoms with Crippen molar-refractivity contribution in [1.29, 1.82) is 0 Å². The van der Waals surface area contributed by atoms with E-state index in [0.29, 0.717) is 31.0 Å². The van der Waals surface area contributed by atoms with Crippen molar-refractivity contribution in [2.24, 2.45) is 0 Å². The molecule has 1 aromatic heterocycles. The van der Waals surface area contributed by atoms with Crippen molar-refractivity contribution in [2.45, 2.75) is 32.2 Å². The van der Waals surface area contributed by atoms with Gasteiger partial charge in [-0.25, -0.2) is 0 Å². The number of ether oxygens (including phenoxy) is 1. The molecule has 0 aliphatic carbocycles. The first-order valence-corrected chi connectivity index (χ1v) is 11.0. The van der Waals surface area contributed by atoms with Crippen LogP contribution < -0.4 is 9.64 Å². The van der Waals surface area contributed by atoms with E-state index < -0.39 is 0 Å². The zero-order valence-electron chi connectivity index (χ0n) is 18.8. The van der Waals surface area contributed by atoms with Crippen molar-refractivity contribution < 1.29 is 14.1 Å². The molecule has 0 aliphatic heterocycles. The Morgan fingerprint density at radius 2 is 1.64 bits per heavy atom. The Hall–Kier alpha value is -3.93. The van der Waals surface area contributed by atoms with Crippen LogP contribution in [0.25, 0.3) is 11.4 Å². The van der Waals surface area contributed by atoms with Crippen LogP contribution in [0.2, 0.25) is 0 Å². The lowest BCUT2D eigenvalue weighted by molar-refractivity contribution is -0.119. The van der Waals surface area contributed by atoms with E-state index in [4.69, 9.17) is 9.26 Å². The van der Waals surface area contributed by atoms with Gasteiger partial charge < -0.3 is 14.2 Å². The number of carbonyl (C=O) groups is 1. The molecule has 0 saturated carbocycles. The molecule has 1 unspecified atom stereocenters. The zero-order valence-corrected chi connectivity index (χ0v) is 18.8. The highest BCUT2D eigenvalue weighted by molar-refractivity contribution is 5.94. The van der Waals surface area contributed by atoms with E-state index in [1.165, 1.54) is 0 Å². The second-order valence-corrected chi connectivity index (χ2v) is 7.78. The summed E-state index contributed by atoms with van der Waals surface area (Å²) in [6.07, 6.45) is 1.54. The number of benzene rings is 3. The van der Waals surface area contributed by atoms with Gasteiger partial charge >= 0.3 is 0 Å². The van der Waals surface area contributed by atoms with Crippen molar-refractivity contribution in [3.63, 3.8) is 0 Å². The maximum Gasteiger partial charge on any atom is 0.227 e. The zero-order chi connectivity index (χ0) is 23.0. The molecule has 0 aliphatic rings. The monoisotopic (exact) mass is 441 g/mol. The molecule has 168 valence electrons. The summed E-state index contributed by atoms with van der Waals surface area (Å²) in [5.74, 6) is 1.89. The van der Waals surface area contributed by atoms with Gasteiger partial charge in [-0.3, -0.25) is 4.79 Å². The molecule has 0 spiro atoms. The summed E-state index contributed by atoms with van der Waals surface area (Å²) in [5, 5.41) is 4.07. The molecule has 4 aromatic rings. The molecule has 33 heavy (non-hydrogen) atoms. The fourth-order valence-electron chi connectivity index (χ4n) is 3.78. The summed E-state index contributed by atoms with van der Waals surface area (Å²) < 4.78 is 10.6. The number of methoxy groups -OCH3 is 1. The second kappa shape index (κ2) is 10.6. The highest BCUT2D eigenvalue weighted by atomic mass is 16.5. The topological polar surface area (TPSA) is 68.5 Å². The highest BCUT2D eigenvalue weighted by Gasteiger charge is 2.23. The number of amides is 1. The fraction of sp³-hybridized carbons (Fsp3) is 0.222. The SMILES string of the molecule is COc1ccc(-c2noc(CCCC(=O)N(c3ccccc3)C(C)c3ccccc3)n2)cc1. The number of rotatable bonds is 9. The van der Waals surface area contributed by atoms with Crippen molar-refractivity contribution in [2.75, 3.05) is 12.0 Å². The number of aromatic nitrogens is 2. The molecule has 1 amide bonds. The van der Waals surface area contributed by atoms with E-state index >= 15 is 0 Å². The molecule has 6 heteroatoms. The molecule has 6 nitrogen and oxygen atoms in total. The number of nitrogens with zero attached hydrogens (tertiary/aromatic N) is 3. The Bertz CT molecular complexity index is 1160. The smallest absolute Gasteiger partial charge is 0.227 e. The Balaban J connectivity index is 1.41. The van der Waals surface area contributed by atoms with Crippen LogP contribution in [-0.2, 0) is 11.2 Å². The molecule has 0 bridgehead atoms. The highest BCUT2D eigenvalue weighted by Crippen LogP contribution is 2.28. The van der Waals surface area contributed by atoms with Crippen molar-refractivity contribution in [3.05, 3.63) is 96.4 Å². The molecule has 4 rings (SSSR count). The van der Waals surface area contributed by atoms with Crippen molar-refractivity contribution >= 4 is 11.6 Å². The van der Waals surface area contributed by atoms with Gasteiger partial charge in [0.2, 0.25) is 17.6 Å². The Morgan fingerprint density at radius 1 is 0.970 bits per heavy atom. The van der Waals surface area contributed by atoms with Crippen LogP contribution in [0.1, 0.15) is 37.3 Å². The normalized spacial score (nSPS) is 11.7. The van der Waals surface area contributed by atoms with Crippen molar-refractivity contribution in [3.8, 4) is 17.1 Å². The third kappa shape index (κ3) is 5.47. The first-order chi connectivity index (χ1) is 16.2. The molecule has 0 fully saturated rings. The molecular weight excluding hydrogens is 414 g/mol. The first kappa shape index (κ1) is 22.3. The van der Waals surface area contributed by atoms with Crippen LogP contribution in [0.4, 0.5) is 5.69 Å². The third-order valence-corrected chi connectivity index (χ3v) is 5.57. The Kier molecular flexibility index (Phi) is 7.15. The molecule has 0 radical (unpaired) electrons. The molecule has 3 aromatic carbocycles. The number of aryl methyl sites for hydroxylation is 1. The maximum atomic E-state index is 13.3. The summed E-state index contributed by atoms with van der Waals surface area (Å²) in [6, 6.07) is 27.3. The van der Waals surface area contributed by atoms with E-state index in [0.717, 1.165) is 22.6 Å². The van der Waals surface area contributed by atoms with Gasteiger partial charge in [-0.2, -0.15) is 4.98 Å². The van der Waals surface area contributed by atoms with Gasteiger partial charge in [-0.1, -0.05) is 53.7 Å². The molecule has 1 heterocycles. The lowest BCUT2D eigenvalue weighted by Crippen LogP contribution is -2.33. The number of hydrogen-bond donors (Lipinski definition) is 0. The van der Waals surface area contributed by atoms with E-state index in [1.807, 2.05) is 89.8 Å². The lowest BCUT2D eigenvalue weighted by Gasteiger charge is -2.30. The predicted octanol–water partition coefficient (Wildman–Crippen LogP) is 5.86. The van der Waals surface area contributed by atoms with Crippen LogP contribution in [0.15, 0.2) is 89.5 Å². The minimum Gasteiger partial charge on any atom is -0.497 e. The molecular formula is C27H27N3O3.